The van der Waals surface area contributed by atoms with E-state index in [0.29, 0.717) is 11.8 Å². The van der Waals surface area contributed by atoms with Crippen LogP contribution in [-0.2, 0) is 0 Å². The fraction of sp³-hybridized carbons (Fsp3) is 0.680. The van der Waals surface area contributed by atoms with Gasteiger partial charge in [-0.1, -0.05) is 109 Å². The summed E-state index contributed by atoms with van der Waals surface area (Å²) in [5, 5.41) is 0. The summed E-state index contributed by atoms with van der Waals surface area (Å²) in [6.07, 6.45) is 15.4. The van der Waals surface area contributed by atoms with Crippen LogP contribution in [0.4, 0.5) is 0 Å². The molecule has 0 bridgehead atoms. The lowest BCUT2D eigenvalue weighted by Gasteiger charge is -2.17. The molecule has 0 heteroatoms. The third kappa shape index (κ3) is 6.32. The van der Waals surface area contributed by atoms with Crippen LogP contribution in [0.15, 0.2) is 36.4 Å². The second-order valence-electron chi connectivity index (χ2n) is 8.49. The van der Waals surface area contributed by atoms with Crippen molar-refractivity contribution in [2.24, 2.45) is 5.92 Å². The Morgan fingerprint density at radius 2 is 1.48 bits per heavy atom. The Labute approximate surface area is 157 Å². The second-order valence-corrected chi connectivity index (χ2v) is 8.49. The Balaban J connectivity index is 1.69. The molecule has 2 unspecified atom stereocenters. The lowest BCUT2D eigenvalue weighted by molar-refractivity contribution is 0.504. The van der Waals surface area contributed by atoms with E-state index in [2.05, 4.69) is 51.6 Å². The van der Waals surface area contributed by atoms with Crippen LogP contribution >= 0.6 is 0 Å². The van der Waals surface area contributed by atoms with Gasteiger partial charge in [0.2, 0.25) is 0 Å². The summed E-state index contributed by atoms with van der Waals surface area (Å²) in [4.78, 5) is 0. The Kier molecular flexibility index (Phi) is 8.79. The Morgan fingerprint density at radius 1 is 0.880 bits per heavy atom. The first-order valence-electron chi connectivity index (χ1n) is 10.9. The smallest absolute Gasteiger partial charge is 0.00484 e. The van der Waals surface area contributed by atoms with E-state index in [1.807, 2.05) is 0 Å². The molecule has 140 valence electrons. The lowest BCUT2D eigenvalue weighted by atomic mass is 9.88. The summed E-state index contributed by atoms with van der Waals surface area (Å²) in [5.74, 6) is 2.01. The van der Waals surface area contributed by atoms with Gasteiger partial charge in [-0.15, -0.1) is 0 Å². The summed E-state index contributed by atoms with van der Waals surface area (Å²) in [6.45, 7) is 11.3. The molecule has 0 N–H and O–H groups in total. The van der Waals surface area contributed by atoms with Crippen molar-refractivity contribution >= 4 is 0 Å². The first-order valence-corrected chi connectivity index (χ1v) is 10.9. The molecule has 1 aliphatic rings. The largest absolute Gasteiger partial charge is 0.0990 e. The maximum atomic E-state index is 4.50. The molecule has 0 aliphatic heterocycles. The number of hydrogen-bond donors (Lipinski definition) is 0. The summed E-state index contributed by atoms with van der Waals surface area (Å²) < 4.78 is 0. The van der Waals surface area contributed by atoms with Crippen molar-refractivity contribution in [3.8, 4) is 0 Å². The zero-order chi connectivity index (χ0) is 18.1. The molecule has 0 heterocycles. The molecule has 2 atom stereocenters. The maximum absolute atomic E-state index is 4.50. The molecular weight excluding hydrogens is 300 g/mol. The molecule has 0 saturated heterocycles. The zero-order valence-corrected chi connectivity index (χ0v) is 17.0. The molecule has 2 rings (SSSR count). The normalized spacial score (nSPS) is 20.6. The van der Waals surface area contributed by atoms with Crippen molar-refractivity contribution in [1.29, 1.82) is 0 Å². The van der Waals surface area contributed by atoms with Gasteiger partial charge < -0.3 is 0 Å². The molecule has 25 heavy (non-hydrogen) atoms. The summed E-state index contributed by atoms with van der Waals surface area (Å²) >= 11 is 0. The molecule has 0 radical (unpaired) electrons. The van der Waals surface area contributed by atoms with Gasteiger partial charge in [0.1, 0.15) is 0 Å². The lowest BCUT2D eigenvalue weighted by Crippen LogP contribution is -2.01. The molecule has 1 fully saturated rings. The van der Waals surface area contributed by atoms with Crippen LogP contribution in [0.25, 0.3) is 0 Å². The van der Waals surface area contributed by atoms with Crippen LogP contribution in [0, 0.1) is 5.92 Å². The summed E-state index contributed by atoms with van der Waals surface area (Å²) in [6, 6.07) is 9.34. The molecular formula is C25H40. The molecule has 0 amide bonds. The first kappa shape index (κ1) is 20.3. The van der Waals surface area contributed by atoms with Crippen molar-refractivity contribution in [3.05, 3.63) is 47.5 Å². The van der Waals surface area contributed by atoms with Gasteiger partial charge in [0, 0.05) is 5.92 Å². The molecule has 0 spiro atoms. The van der Waals surface area contributed by atoms with Crippen molar-refractivity contribution in [2.45, 2.75) is 103 Å². The van der Waals surface area contributed by atoms with Gasteiger partial charge in [-0.2, -0.15) is 0 Å². The third-order valence-electron chi connectivity index (χ3n) is 6.19. The highest BCUT2D eigenvalue weighted by Gasteiger charge is 2.29. The van der Waals surface area contributed by atoms with Crippen molar-refractivity contribution in [1.82, 2.24) is 0 Å². The SMILES string of the molecule is C=C1C(CCCCCCCCCC)CCC1c1ccc(C(C)C)cc1. The van der Waals surface area contributed by atoms with E-state index in [1.165, 1.54) is 87.3 Å². The van der Waals surface area contributed by atoms with Crippen molar-refractivity contribution < 1.29 is 0 Å². The van der Waals surface area contributed by atoms with Crippen molar-refractivity contribution in [2.75, 3.05) is 0 Å². The predicted octanol–water partition coefficient (Wildman–Crippen LogP) is 8.39. The highest BCUT2D eigenvalue weighted by atomic mass is 14.3. The van der Waals surface area contributed by atoms with Crippen LogP contribution in [0.1, 0.15) is 114 Å². The minimum absolute atomic E-state index is 0.611. The van der Waals surface area contributed by atoms with E-state index in [4.69, 9.17) is 0 Å². The minimum atomic E-state index is 0.611. The number of rotatable bonds is 11. The molecule has 1 saturated carbocycles. The molecule has 1 aliphatic carbocycles. The fourth-order valence-electron chi connectivity index (χ4n) is 4.37. The Hall–Kier alpha value is -1.04. The van der Waals surface area contributed by atoms with Gasteiger partial charge in [0.25, 0.3) is 0 Å². The van der Waals surface area contributed by atoms with Crippen LogP contribution < -0.4 is 0 Å². The highest BCUT2D eigenvalue weighted by Crippen LogP contribution is 2.44. The summed E-state index contributed by atoms with van der Waals surface area (Å²) in [7, 11) is 0. The number of unbranched alkanes of at least 4 members (excludes halogenated alkanes) is 7. The zero-order valence-electron chi connectivity index (χ0n) is 17.0. The number of benzene rings is 1. The van der Waals surface area contributed by atoms with Crippen LogP contribution in [0.3, 0.4) is 0 Å². The van der Waals surface area contributed by atoms with Gasteiger partial charge in [-0.3, -0.25) is 0 Å². The molecule has 0 nitrogen and oxygen atoms in total. The van der Waals surface area contributed by atoms with Crippen LogP contribution in [-0.4, -0.2) is 0 Å². The minimum Gasteiger partial charge on any atom is -0.0990 e. The van der Waals surface area contributed by atoms with E-state index in [0.717, 1.165) is 5.92 Å². The Bertz CT molecular complexity index is 493. The predicted molar refractivity (Wildman–Crippen MR) is 112 cm³/mol. The van der Waals surface area contributed by atoms with Crippen LogP contribution in [0.2, 0.25) is 0 Å². The molecule has 1 aromatic rings. The fourth-order valence-corrected chi connectivity index (χ4v) is 4.37. The van der Waals surface area contributed by atoms with Crippen molar-refractivity contribution in [3.63, 3.8) is 0 Å². The van der Waals surface area contributed by atoms with Gasteiger partial charge in [0.15, 0.2) is 0 Å². The third-order valence-corrected chi connectivity index (χ3v) is 6.19. The standard InChI is InChI=1S/C25H40/c1-5-6-7-8-9-10-11-12-13-23-18-19-25(21(23)4)24-16-14-22(15-17-24)20(2)3/h14-17,20,23,25H,4-13,18-19H2,1-3H3. The van der Waals surface area contributed by atoms with E-state index in [-0.39, 0.29) is 0 Å². The van der Waals surface area contributed by atoms with Crippen LogP contribution in [0.5, 0.6) is 0 Å². The van der Waals surface area contributed by atoms with E-state index in [9.17, 15) is 0 Å². The van der Waals surface area contributed by atoms with Gasteiger partial charge in [-0.25, -0.2) is 0 Å². The van der Waals surface area contributed by atoms with Gasteiger partial charge in [0.05, 0.1) is 0 Å². The first-order chi connectivity index (χ1) is 12.1. The highest BCUT2D eigenvalue weighted by molar-refractivity contribution is 5.34. The van der Waals surface area contributed by atoms with E-state index < -0.39 is 0 Å². The second kappa shape index (κ2) is 10.8. The molecule has 1 aromatic carbocycles. The number of allylic oxidation sites excluding steroid dienone is 1. The monoisotopic (exact) mass is 340 g/mol. The molecule has 0 aromatic heterocycles. The van der Waals surface area contributed by atoms with E-state index >= 15 is 0 Å². The maximum Gasteiger partial charge on any atom is 0.00484 e. The average Bonchev–Trinajstić information content (AvgIpc) is 2.98. The number of hydrogen-bond acceptors (Lipinski definition) is 0. The van der Waals surface area contributed by atoms with E-state index in [1.54, 1.807) is 0 Å². The topological polar surface area (TPSA) is 0 Å². The van der Waals surface area contributed by atoms with Gasteiger partial charge in [-0.05, 0) is 42.2 Å². The summed E-state index contributed by atoms with van der Waals surface area (Å²) in [5.41, 5.74) is 4.45. The Morgan fingerprint density at radius 3 is 2.08 bits per heavy atom. The quantitative estimate of drug-likeness (QED) is 0.280. The van der Waals surface area contributed by atoms with Gasteiger partial charge >= 0.3 is 0 Å². The average molecular weight is 341 g/mol.